The van der Waals surface area contributed by atoms with Crippen LogP contribution in [0.2, 0.25) is 0 Å². The molecule has 0 saturated heterocycles. The van der Waals surface area contributed by atoms with Gasteiger partial charge in [-0.05, 0) is 19.1 Å². The van der Waals surface area contributed by atoms with Gasteiger partial charge in [0.15, 0.2) is 0 Å². The molecule has 0 aliphatic heterocycles. The molecule has 2 heterocycles. The van der Waals surface area contributed by atoms with Crippen molar-refractivity contribution >= 4 is 6.03 Å². The molecule has 6 heteroatoms. The summed E-state index contributed by atoms with van der Waals surface area (Å²) < 4.78 is 1.72. The first-order valence-corrected chi connectivity index (χ1v) is 6.46. The molecule has 0 radical (unpaired) electrons. The van der Waals surface area contributed by atoms with E-state index in [0.717, 1.165) is 11.3 Å². The number of carbonyl (C=O) groups is 1. The van der Waals surface area contributed by atoms with Crippen molar-refractivity contribution in [3.05, 3.63) is 48.0 Å². The molecule has 106 valence electrons. The molecular weight excluding hydrogens is 254 g/mol. The van der Waals surface area contributed by atoms with Gasteiger partial charge in [-0.1, -0.05) is 6.07 Å². The molecule has 2 aromatic heterocycles. The third-order valence-corrected chi connectivity index (χ3v) is 3.00. The smallest absolute Gasteiger partial charge is 0.317 e. The Morgan fingerprint density at radius 3 is 2.90 bits per heavy atom. The number of urea groups is 1. The van der Waals surface area contributed by atoms with Crippen molar-refractivity contribution in [2.24, 2.45) is 7.05 Å². The summed E-state index contributed by atoms with van der Waals surface area (Å²) >= 11 is 0. The van der Waals surface area contributed by atoms with Gasteiger partial charge in [-0.25, -0.2) is 4.79 Å². The van der Waals surface area contributed by atoms with Crippen LogP contribution in [0.1, 0.15) is 24.2 Å². The van der Waals surface area contributed by atoms with E-state index < -0.39 is 0 Å². The summed E-state index contributed by atoms with van der Waals surface area (Å²) in [6.07, 6.45) is 5.37. The van der Waals surface area contributed by atoms with E-state index in [2.05, 4.69) is 15.4 Å². The Bertz CT molecular complexity index is 566. The molecule has 0 fully saturated rings. The molecule has 0 unspecified atom stereocenters. The van der Waals surface area contributed by atoms with Gasteiger partial charge >= 0.3 is 6.03 Å². The van der Waals surface area contributed by atoms with Crippen molar-refractivity contribution in [1.82, 2.24) is 25.0 Å². The third kappa shape index (κ3) is 3.57. The van der Waals surface area contributed by atoms with Crippen LogP contribution in [0.15, 0.2) is 36.8 Å². The predicted molar refractivity (Wildman–Crippen MR) is 75.9 cm³/mol. The van der Waals surface area contributed by atoms with Crippen LogP contribution in [0.25, 0.3) is 0 Å². The molecule has 1 N–H and O–H groups in total. The van der Waals surface area contributed by atoms with Crippen molar-refractivity contribution < 1.29 is 4.79 Å². The standard InChI is InChI=1S/C14H19N5O/c1-11(13-6-4-5-7-15-13)17-14(20)18(2)9-12-8-16-19(3)10-12/h4-8,10-11H,9H2,1-3H3,(H,17,20)/t11-/m1/s1. The van der Waals surface area contributed by atoms with Gasteiger partial charge in [0.25, 0.3) is 0 Å². The van der Waals surface area contributed by atoms with Gasteiger partial charge in [0.05, 0.1) is 24.5 Å². The lowest BCUT2D eigenvalue weighted by molar-refractivity contribution is 0.203. The number of aryl methyl sites for hydroxylation is 1. The highest BCUT2D eigenvalue weighted by Gasteiger charge is 2.14. The number of hydrogen-bond acceptors (Lipinski definition) is 3. The van der Waals surface area contributed by atoms with Crippen LogP contribution in [-0.2, 0) is 13.6 Å². The summed E-state index contributed by atoms with van der Waals surface area (Å²) in [6, 6.07) is 5.40. The highest BCUT2D eigenvalue weighted by molar-refractivity contribution is 5.74. The lowest BCUT2D eigenvalue weighted by atomic mass is 10.2. The van der Waals surface area contributed by atoms with Crippen molar-refractivity contribution in [2.45, 2.75) is 19.5 Å². The Kier molecular flexibility index (Phi) is 4.34. The van der Waals surface area contributed by atoms with Gasteiger partial charge in [0, 0.05) is 32.1 Å². The molecule has 6 nitrogen and oxygen atoms in total. The summed E-state index contributed by atoms with van der Waals surface area (Å²) in [4.78, 5) is 18.0. The van der Waals surface area contributed by atoms with E-state index in [1.165, 1.54) is 0 Å². The molecule has 2 aromatic rings. The van der Waals surface area contributed by atoms with Crippen molar-refractivity contribution in [2.75, 3.05) is 7.05 Å². The normalized spacial score (nSPS) is 11.9. The van der Waals surface area contributed by atoms with Gasteiger partial charge < -0.3 is 10.2 Å². The predicted octanol–water partition coefficient (Wildman–Crippen LogP) is 1.72. The fourth-order valence-electron chi connectivity index (χ4n) is 1.90. The Balaban J connectivity index is 1.91. The highest BCUT2D eigenvalue weighted by Crippen LogP contribution is 2.09. The minimum atomic E-state index is -0.132. The number of nitrogens with zero attached hydrogens (tertiary/aromatic N) is 4. The fraction of sp³-hybridized carbons (Fsp3) is 0.357. The van der Waals surface area contributed by atoms with E-state index in [-0.39, 0.29) is 12.1 Å². The minimum Gasteiger partial charge on any atom is -0.330 e. The quantitative estimate of drug-likeness (QED) is 0.922. The van der Waals surface area contributed by atoms with Gasteiger partial charge in [-0.15, -0.1) is 0 Å². The molecule has 0 aromatic carbocycles. The topological polar surface area (TPSA) is 63.1 Å². The van der Waals surface area contributed by atoms with E-state index in [9.17, 15) is 4.79 Å². The summed E-state index contributed by atoms with van der Waals surface area (Å²) in [7, 11) is 3.61. The van der Waals surface area contributed by atoms with Crippen LogP contribution in [0.4, 0.5) is 4.79 Å². The molecule has 0 aliphatic rings. The van der Waals surface area contributed by atoms with Crippen LogP contribution in [0.5, 0.6) is 0 Å². The summed E-state index contributed by atoms with van der Waals surface area (Å²) in [5.74, 6) is 0. The lowest BCUT2D eigenvalue weighted by Crippen LogP contribution is -2.38. The van der Waals surface area contributed by atoms with Gasteiger partial charge in [0.1, 0.15) is 0 Å². The van der Waals surface area contributed by atoms with Crippen LogP contribution in [0, 0.1) is 0 Å². The highest BCUT2D eigenvalue weighted by atomic mass is 16.2. The molecule has 0 aliphatic carbocycles. The SMILES string of the molecule is C[C@@H](NC(=O)N(C)Cc1cnn(C)c1)c1ccccn1. The zero-order valence-electron chi connectivity index (χ0n) is 11.9. The first-order chi connectivity index (χ1) is 9.56. The third-order valence-electron chi connectivity index (χ3n) is 3.00. The number of aromatic nitrogens is 3. The Morgan fingerprint density at radius 2 is 2.30 bits per heavy atom. The number of pyridine rings is 1. The molecule has 0 bridgehead atoms. The molecule has 0 spiro atoms. The summed E-state index contributed by atoms with van der Waals surface area (Å²) in [6.45, 7) is 2.44. The molecule has 20 heavy (non-hydrogen) atoms. The minimum absolute atomic E-state index is 0.125. The Morgan fingerprint density at radius 1 is 1.50 bits per heavy atom. The van der Waals surface area contributed by atoms with Gasteiger partial charge in [-0.3, -0.25) is 9.67 Å². The first kappa shape index (κ1) is 14.0. The largest absolute Gasteiger partial charge is 0.330 e. The van der Waals surface area contributed by atoms with Crippen LogP contribution < -0.4 is 5.32 Å². The first-order valence-electron chi connectivity index (χ1n) is 6.46. The maximum Gasteiger partial charge on any atom is 0.317 e. The number of hydrogen-bond donors (Lipinski definition) is 1. The van der Waals surface area contributed by atoms with E-state index >= 15 is 0 Å². The van der Waals surface area contributed by atoms with E-state index in [1.807, 2.05) is 38.4 Å². The van der Waals surface area contributed by atoms with Crippen LogP contribution in [0.3, 0.4) is 0 Å². The van der Waals surface area contributed by atoms with E-state index in [0.29, 0.717) is 6.54 Å². The number of nitrogens with one attached hydrogen (secondary N) is 1. The molecule has 1 atom stereocenters. The monoisotopic (exact) mass is 273 g/mol. The molecule has 2 amide bonds. The second kappa shape index (κ2) is 6.18. The van der Waals surface area contributed by atoms with Gasteiger partial charge in [0.2, 0.25) is 0 Å². The average Bonchev–Trinajstić information content (AvgIpc) is 2.85. The lowest BCUT2D eigenvalue weighted by Gasteiger charge is -2.20. The number of rotatable bonds is 4. The second-order valence-corrected chi connectivity index (χ2v) is 4.80. The number of amides is 2. The van der Waals surface area contributed by atoms with Crippen molar-refractivity contribution in [3.8, 4) is 0 Å². The van der Waals surface area contributed by atoms with Gasteiger partial charge in [-0.2, -0.15) is 5.10 Å². The summed E-state index contributed by atoms with van der Waals surface area (Å²) in [5.41, 5.74) is 1.84. The Labute approximate surface area is 118 Å². The maximum atomic E-state index is 12.1. The second-order valence-electron chi connectivity index (χ2n) is 4.80. The Hall–Kier alpha value is -2.37. The molecule has 0 saturated carbocycles. The maximum absolute atomic E-state index is 12.1. The fourth-order valence-corrected chi connectivity index (χ4v) is 1.90. The zero-order chi connectivity index (χ0) is 14.5. The summed E-state index contributed by atoms with van der Waals surface area (Å²) in [5, 5.41) is 7.01. The van der Waals surface area contributed by atoms with E-state index in [4.69, 9.17) is 0 Å². The average molecular weight is 273 g/mol. The molecular formula is C14H19N5O. The van der Waals surface area contributed by atoms with Crippen LogP contribution >= 0.6 is 0 Å². The number of carbonyl (C=O) groups excluding carboxylic acids is 1. The van der Waals surface area contributed by atoms with Crippen molar-refractivity contribution in [3.63, 3.8) is 0 Å². The zero-order valence-corrected chi connectivity index (χ0v) is 11.9. The van der Waals surface area contributed by atoms with E-state index in [1.54, 1.807) is 29.0 Å². The van der Waals surface area contributed by atoms with Crippen molar-refractivity contribution in [1.29, 1.82) is 0 Å². The van der Waals surface area contributed by atoms with Crippen LogP contribution in [-0.4, -0.2) is 32.7 Å². The molecule has 2 rings (SSSR count).